The maximum atomic E-state index is 13.1. The predicted octanol–water partition coefficient (Wildman–Crippen LogP) is 2.60. The van der Waals surface area contributed by atoms with Gasteiger partial charge in [-0.3, -0.25) is 14.7 Å². The van der Waals surface area contributed by atoms with Gasteiger partial charge in [0, 0.05) is 45.5 Å². The molecule has 1 amide bonds. The first kappa shape index (κ1) is 18.9. The van der Waals surface area contributed by atoms with Gasteiger partial charge in [-0.1, -0.05) is 18.2 Å². The number of carbonyl (C=O) groups is 1. The van der Waals surface area contributed by atoms with Gasteiger partial charge in [0.05, 0.1) is 17.4 Å². The number of hydrogen-bond acceptors (Lipinski definition) is 5. The fourth-order valence-corrected chi connectivity index (χ4v) is 3.73. The molecule has 0 radical (unpaired) electrons. The summed E-state index contributed by atoms with van der Waals surface area (Å²) in [5.74, 6) is 0.694. The number of amides is 1. The zero-order valence-electron chi connectivity index (χ0n) is 16.1. The maximum absolute atomic E-state index is 13.1. The summed E-state index contributed by atoms with van der Waals surface area (Å²) in [7, 11) is 0. The lowest BCUT2D eigenvalue weighted by atomic mass is 10.1. The fourth-order valence-electron chi connectivity index (χ4n) is 3.73. The molecule has 2 aliphatic heterocycles. The summed E-state index contributed by atoms with van der Waals surface area (Å²) < 4.78 is 11.6. The van der Waals surface area contributed by atoms with Crippen molar-refractivity contribution in [2.24, 2.45) is 0 Å². The van der Waals surface area contributed by atoms with Crippen LogP contribution in [0.25, 0.3) is 0 Å². The Labute approximate surface area is 166 Å². The number of benzene rings is 1. The zero-order chi connectivity index (χ0) is 19.2. The monoisotopic (exact) mass is 381 g/mol. The first-order chi connectivity index (χ1) is 13.8. The van der Waals surface area contributed by atoms with E-state index in [1.807, 2.05) is 53.6 Å². The van der Waals surface area contributed by atoms with E-state index in [2.05, 4.69) is 9.88 Å². The van der Waals surface area contributed by atoms with E-state index in [0.717, 1.165) is 44.8 Å². The molecule has 0 bridgehead atoms. The van der Waals surface area contributed by atoms with E-state index in [0.29, 0.717) is 31.0 Å². The number of pyridine rings is 1. The van der Waals surface area contributed by atoms with Crippen LogP contribution in [0.15, 0.2) is 48.7 Å². The number of nitrogens with zero attached hydrogens (tertiary/aromatic N) is 3. The normalized spacial score (nSPS) is 20.3. The first-order valence-corrected chi connectivity index (χ1v) is 10.0. The lowest BCUT2D eigenvalue weighted by molar-refractivity contribution is 0.0592. The van der Waals surface area contributed by atoms with Gasteiger partial charge in [0.15, 0.2) is 0 Å². The van der Waals surface area contributed by atoms with E-state index in [1.54, 1.807) is 0 Å². The summed E-state index contributed by atoms with van der Waals surface area (Å²) >= 11 is 0. The van der Waals surface area contributed by atoms with E-state index >= 15 is 0 Å². The number of hydrogen-bond donors (Lipinski definition) is 0. The summed E-state index contributed by atoms with van der Waals surface area (Å²) in [6.07, 6.45) is 4.06. The summed E-state index contributed by atoms with van der Waals surface area (Å²) in [6.45, 7) is 5.25. The Morgan fingerprint density at radius 1 is 1.11 bits per heavy atom. The van der Waals surface area contributed by atoms with Gasteiger partial charge in [-0.05, 0) is 37.1 Å². The van der Waals surface area contributed by atoms with Crippen molar-refractivity contribution < 1.29 is 14.3 Å². The third kappa shape index (κ3) is 4.69. The van der Waals surface area contributed by atoms with Crippen molar-refractivity contribution in [2.45, 2.75) is 25.5 Å². The highest BCUT2D eigenvalue weighted by Crippen LogP contribution is 2.22. The molecule has 1 atom stereocenters. The Hall–Kier alpha value is -2.44. The minimum absolute atomic E-state index is 0.0421. The molecule has 0 saturated carbocycles. The Bertz CT molecular complexity index is 770. The van der Waals surface area contributed by atoms with Crippen molar-refractivity contribution in [1.82, 2.24) is 14.8 Å². The summed E-state index contributed by atoms with van der Waals surface area (Å²) in [6, 6.07) is 13.5. The van der Waals surface area contributed by atoms with Gasteiger partial charge < -0.3 is 14.4 Å². The Morgan fingerprint density at radius 2 is 1.93 bits per heavy atom. The van der Waals surface area contributed by atoms with Gasteiger partial charge in [0.25, 0.3) is 5.91 Å². The van der Waals surface area contributed by atoms with E-state index in [1.165, 1.54) is 0 Å². The predicted molar refractivity (Wildman–Crippen MR) is 106 cm³/mol. The molecular formula is C22H27N3O3. The van der Waals surface area contributed by atoms with Crippen LogP contribution < -0.4 is 4.74 Å². The molecule has 1 aromatic heterocycles. The average molecular weight is 381 g/mol. The van der Waals surface area contributed by atoms with Crippen LogP contribution in [0.5, 0.6) is 5.75 Å². The van der Waals surface area contributed by atoms with Crippen LogP contribution >= 0.6 is 0 Å². The average Bonchev–Trinajstić information content (AvgIpc) is 3.27. The molecule has 4 rings (SSSR count). The maximum Gasteiger partial charge on any atom is 0.257 e. The smallest absolute Gasteiger partial charge is 0.257 e. The highest BCUT2D eigenvalue weighted by atomic mass is 16.5. The standard InChI is InChI=1S/C22H27N3O3/c26-22(20-8-1-2-9-21(20)28-17-19-7-5-15-27-19)25-13-11-24(12-14-25)16-18-6-3-4-10-23-18/h1-4,6,8-10,19H,5,7,11-17H2. The molecule has 0 spiro atoms. The molecule has 148 valence electrons. The second kappa shape index (κ2) is 9.17. The van der Waals surface area contributed by atoms with Gasteiger partial charge in [0.2, 0.25) is 0 Å². The fraction of sp³-hybridized carbons (Fsp3) is 0.455. The van der Waals surface area contributed by atoms with Crippen LogP contribution in [0.1, 0.15) is 28.9 Å². The molecule has 2 aliphatic rings. The van der Waals surface area contributed by atoms with Crippen molar-refractivity contribution in [2.75, 3.05) is 39.4 Å². The van der Waals surface area contributed by atoms with Gasteiger partial charge >= 0.3 is 0 Å². The molecule has 3 heterocycles. The lowest BCUT2D eigenvalue weighted by Gasteiger charge is -2.34. The third-order valence-electron chi connectivity index (χ3n) is 5.34. The van der Waals surface area contributed by atoms with Crippen molar-refractivity contribution in [1.29, 1.82) is 0 Å². The van der Waals surface area contributed by atoms with E-state index in [4.69, 9.17) is 9.47 Å². The Morgan fingerprint density at radius 3 is 2.68 bits per heavy atom. The van der Waals surface area contributed by atoms with E-state index < -0.39 is 0 Å². The second-order valence-electron chi connectivity index (χ2n) is 7.33. The number of piperazine rings is 1. The summed E-state index contributed by atoms with van der Waals surface area (Å²) in [5, 5.41) is 0. The van der Waals surface area contributed by atoms with E-state index in [-0.39, 0.29) is 12.0 Å². The van der Waals surface area contributed by atoms with Crippen LogP contribution in [0.2, 0.25) is 0 Å². The van der Waals surface area contributed by atoms with Crippen LogP contribution in [0.4, 0.5) is 0 Å². The van der Waals surface area contributed by atoms with E-state index in [9.17, 15) is 4.79 Å². The molecule has 1 unspecified atom stereocenters. The zero-order valence-corrected chi connectivity index (χ0v) is 16.1. The molecule has 6 heteroatoms. The van der Waals surface area contributed by atoms with Crippen LogP contribution in [0, 0.1) is 0 Å². The quantitative estimate of drug-likeness (QED) is 0.770. The Balaban J connectivity index is 1.33. The van der Waals surface area contributed by atoms with Crippen molar-refractivity contribution in [3.8, 4) is 5.75 Å². The number of rotatable bonds is 6. The largest absolute Gasteiger partial charge is 0.490 e. The molecule has 2 saturated heterocycles. The third-order valence-corrected chi connectivity index (χ3v) is 5.34. The van der Waals surface area contributed by atoms with Crippen LogP contribution in [-0.4, -0.2) is 66.2 Å². The molecule has 28 heavy (non-hydrogen) atoms. The molecule has 6 nitrogen and oxygen atoms in total. The van der Waals surface area contributed by atoms with Gasteiger partial charge in [0.1, 0.15) is 12.4 Å². The number of para-hydroxylation sites is 1. The molecule has 0 aliphatic carbocycles. The number of carbonyl (C=O) groups excluding carboxylic acids is 1. The van der Waals surface area contributed by atoms with Gasteiger partial charge in [-0.2, -0.15) is 0 Å². The number of ether oxygens (including phenoxy) is 2. The Kier molecular flexibility index (Phi) is 6.19. The van der Waals surface area contributed by atoms with Gasteiger partial charge in [-0.15, -0.1) is 0 Å². The molecule has 0 N–H and O–H groups in total. The molecule has 1 aromatic carbocycles. The minimum atomic E-state index is 0.0421. The summed E-state index contributed by atoms with van der Waals surface area (Å²) in [4.78, 5) is 21.7. The second-order valence-corrected chi connectivity index (χ2v) is 7.33. The highest BCUT2D eigenvalue weighted by molar-refractivity contribution is 5.97. The molecule has 2 aromatic rings. The van der Waals surface area contributed by atoms with Crippen LogP contribution in [0.3, 0.4) is 0 Å². The van der Waals surface area contributed by atoms with Gasteiger partial charge in [-0.25, -0.2) is 0 Å². The summed E-state index contributed by atoms with van der Waals surface area (Å²) in [5.41, 5.74) is 1.70. The van der Waals surface area contributed by atoms with Crippen molar-refractivity contribution in [3.63, 3.8) is 0 Å². The molecule has 2 fully saturated rings. The SMILES string of the molecule is O=C(c1ccccc1OCC1CCCO1)N1CCN(Cc2ccccn2)CC1. The number of aromatic nitrogens is 1. The van der Waals surface area contributed by atoms with Crippen molar-refractivity contribution in [3.05, 3.63) is 59.9 Å². The minimum Gasteiger partial charge on any atom is -0.490 e. The van der Waals surface area contributed by atoms with Crippen LogP contribution in [-0.2, 0) is 11.3 Å². The molecular weight excluding hydrogens is 354 g/mol. The lowest BCUT2D eigenvalue weighted by Crippen LogP contribution is -2.48. The topological polar surface area (TPSA) is 54.9 Å². The first-order valence-electron chi connectivity index (χ1n) is 10.0. The highest BCUT2D eigenvalue weighted by Gasteiger charge is 2.25. The van der Waals surface area contributed by atoms with Crippen molar-refractivity contribution >= 4 is 5.91 Å².